The number of fused-ring (bicyclic) bond motifs is 2. The molecule has 8 nitrogen and oxygen atoms in total. The molecule has 0 spiro atoms. The van der Waals surface area contributed by atoms with E-state index >= 15 is 0 Å². The molecule has 0 saturated heterocycles. The van der Waals surface area contributed by atoms with Gasteiger partial charge in [0.2, 0.25) is 0 Å². The highest BCUT2D eigenvalue weighted by Crippen LogP contribution is 2.29. The number of para-hydroxylation sites is 1. The van der Waals surface area contributed by atoms with Crippen LogP contribution in [-0.4, -0.2) is 30.5 Å². The van der Waals surface area contributed by atoms with Crippen LogP contribution in [0.1, 0.15) is 41.5 Å². The first-order valence-corrected chi connectivity index (χ1v) is 10.8. The first kappa shape index (κ1) is 21.1. The molecule has 0 fully saturated rings. The molecule has 0 aliphatic rings. The van der Waals surface area contributed by atoms with Gasteiger partial charge in [-0.1, -0.05) is 42.3 Å². The number of carbonyl (C=O) groups excluding carboxylic acids is 1. The van der Waals surface area contributed by atoms with Crippen LogP contribution in [0.2, 0.25) is 0 Å². The number of benzene rings is 2. The SMILES string of the molecule is CC#Cc1cccc2nc([C@H](C)NC(=O)c3c(N)nn4cccnc34)c(-c3ccccc3)nc12. The van der Waals surface area contributed by atoms with Crippen molar-refractivity contribution in [1.29, 1.82) is 0 Å². The number of carbonyl (C=O) groups is 1. The van der Waals surface area contributed by atoms with Crippen molar-refractivity contribution in [2.24, 2.45) is 0 Å². The number of rotatable bonds is 4. The number of hydrogen-bond acceptors (Lipinski definition) is 6. The van der Waals surface area contributed by atoms with Gasteiger partial charge in [-0.2, -0.15) is 0 Å². The van der Waals surface area contributed by atoms with Gasteiger partial charge in [0.05, 0.1) is 28.5 Å². The number of amides is 1. The molecule has 0 saturated carbocycles. The van der Waals surface area contributed by atoms with E-state index < -0.39 is 6.04 Å². The van der Waals surface area contributed by atoms with Gasteiger partial charge in [-0.3, -0.25) is 4.79 Å². The molecule has 3 heterocycles. The minimum atomic E-state index is -0.474. The quantitative estimate of drug-likeness (QED) is 0.406. The summed E-state index contributed by atoms with van der Waals surface area (Å²) in [6.07, 6.45) is 3.29. The molecule has 8 heteroatoms. The van der Waals surface area contributed by atoms with Crippen LogP contribution >= 0.6 is 0 Å². The van der Waals surface area contributed by atoms with Gasteiger partial charge in [0.1, 0.15) is 11.1 Å². The number of nitrogen functional groups attached to an aromatic ring is 1. The number of nitrogens with one attached hydrogen (secondary N) is 1. The van der Waals surface area contributed by atoms with Crippen molar-refractivity contribution in [3.05, 3.63) is 83.8 Å². The Bertz CT molecular complexity index is 1600. The largest absolute Gasteiger partial charge is 0.381 e. The van der Waals surface area contributed by atoms with E-state index in [1.165, 1.54) is 4.52 Å². The highest BCUT2D eigenvalue weighted by Gasteiger charge is 2.24. The van der Waals surface area contributed by atoms with Gasteiger partial charge in [-0.25, -0.2) is 19.5 Å². The molecular formula is C26H21N7O. The van der Waals surface area contributed by atoms with E-state index in [1.54, 1.807) is 25.4 Å². The molecule has 5 rings (SSSR count). The number of aromatic nitrogens is 5. The smallest absolute Gasteiger partial charge is 0.259 e. The van der Waals surface area contributed by atoms with E-state index in [0.717, 1.165) is 11.1 Å². The highest BCUT2D eigenvalue weighted by atomic mass is 16.1. The maximum Gasteiger partial charge on any atom is 0.259 e. The van der Waals surface area contributed by atoms with Crippen molar-refractivity contribution in [2.45, 2.75) is 19.9 Å². The first-order chi connectivity index (χ1) is 16.6. The van der Waals surface area contributed by atoms with Gasteiger partial charge in [-0.15, -0.1) is 11.0 Å². The fourth-order valence-electron chi connectivity index (χ4n) is 3.90. The van der Waals surface area contributed by atoms with E-state index in [0.29, 0.717) is 28.1 Å². The van der Waals surface area contributed by atoms with Crippen molar-refractivity contribution >= 4 is 28.4 Å². The van der Waals surface area contributed by atoms with E-state index in [2.05, 4.69) is 27.2 Å². The molecule has 0 aliphatic heterocycles. The van der Waals surface area contributed by atoms with Crippen LogP contribution < -0.4 is 11.1 Å². The zero-order chi connectivity index (χ0) is 23.7. The lowest BCUT2D eigenvalue weighted by atomic mass is 10.0. The second-order valence-electron chi connectivity index (χ2n) is 7.72. The number of nitrogens with zero attached hydrogens (tertiary/aromatic N) is 5. The molecule has 34 heavy (non-hydrogen) atoms. The van der Waals surface area contributed by atoms with Crippen LogP contribution in [0.3, 0.4) is 0 Å². The van der Waals surface area contributed by atoms with Gasteiger partial charge in [0, 0.05) is 18.0 Å². The Kier molecular flexibility index (Phi) is 5.36. The molecule has 0 unspecified atom stereocenters. The monoisotopic (exact) mass is 447 g/mol. The van der Waals surface area contributed by atoms with Crippen molar-refractivity contribution in [2.75, 3.05) is 5.73 Å². The second kappa shape index (κ2) is 8.64. The third kappa shape index (κ3) is 3.69. The standard InChI is InChI=1S/C26H21N7O/c1-3-9-17-12-7-13-19-22(17)31-23(18-10-5-4-6-11-18)21(30-19)16(2)29-26(34)20-24(27)32-33-15-8-14-28-25(20)33/h4-8,10-16H,1-2H3,(H2,27,32)(H,29,34)/t16-/m0/s1. The van der Waals surface area contributed by atoms with Crippen LogP contribution in [0.15, 0.2) is 67.0 Å². The zero-order valence-corrected chi connectivity index (χ0v) is 18.6. The van der Waals surface area contributed by atoms with Gasteiger partial charge in [0.15, 0.2) is 11.5 Å². The van der Waals surface area contributed by atoms with Crippen LogP contribution in [-0.2, 0) is 0 Å². The number of nitrogens with two attached hydrogens (primary N) is 1. The molecular weight excluding hydrogens is 426 g/mol. The van der Waals surface area contributed by atoms with Crippen LogP contribution in [0.4, 0.5) is 5.82 Å². The summed E-state index contributed by atoms with van der Waals surface area (Å²) in [6.45, 7) is 3.66. The summed E-state index contributed by atoms with van der Waals surface area (Å²) in [5.74, 6) is 5.76. The van der Waals surface area contributed by atoms with E-state index in [-0.39, 0.29) is 17.3 Å². The number of hydrogen-bond donors (Lipinski definition) is 2. The second-order valence-corrected chi connectivity index (χ2v) is 7.72. The summed E-state index contributed by atoms with van der Waals surface area (Å²) in [7, 11) is 0. The highest BCUT2D eigenvalue weighted by molar-refractivity contribution is 6.04. The Balaban J connectivity index is 1.61. The van der Waals surface area contributed by atoms with Crippen LogP contribution in [0.25, 0.3) is 27.9 Å². The minimum Gasteiger partial charge on any atom is -0.381 e. The molecule has 1 amide bonds. The summed E-state index contributed by atoms with van der Waals surface area (Å²) in [5, 5.41) is 7.18. The van der Waals surface area contributed by atoms with Crippen molar-refractivity contribution in [3.63, 3.8) is 0 Å². The van der Waals surface area contributed by atoms with E-state index in [1.807, 2.05) is 55.5 Å². The summed E-state index contributed by atoms with van der Waals surface area (Å²) in [6, 6.07) is 16.7. The average Bonchev–Trinajstić information content (AvgIpc) is 3.20. The van der Waals surface area contributed by atoms with Gasteiger partial charge in [0.25, 0.3) is 5.91 Å². The topological polar surface area (TPSA) is 111 Å². The lowest BCUT2D eigenvalue weighted by Crippen LogP contribution is -2.28. The lowest BCUT2D eigenvalue weighted by molar-refractivity contribution is 0.0941. The third-order valence-corrected chi connectivity index (χ3v) is 5.44. The Hall–Kier alpha value is -4.77. The normalized spacial score (nSPS) is 11.7. The molecule has 3 aromatic heterocycles. The fraction of sp³-hybridized carbons (Fsp3) is 0.115. The Morgan fingerprint density at radius 1 is 1.09 bits per heavy atom. The Morgan fingerprint density at radius 3 is 2.71 bits per heavy atom. The van der Waals surface area contributed by atoms with Gasteiger partial charge < -0.3 is 11.1 Å². The molecule has 0 bridgehead atoms. The average molecular weight is 448 g/mol. The third-order valence-electron chi connectivity index (χ3n) is 5.44. The summed E-state index contributed by atoms with van der Waals surface area (Å²) < 4.78 is 1.48. The van der Waals surface area contributed by atoms with Crippen molar-refractivity contribution in [1.82, 2.24) is 29.9 Å². The van der Waals surface area contributed by atoms with Crippen molar-refractivity contribution < 1.29 is 4.79 Å². The minimum absolute atomic E-state index is 0.110. The maximum absolute atomic E-state index is 13.2. The molecule has 0 aliphatic carbocycles. The molecule has 1 atom stereocenters. The van der Waals surface area contributed by atoms with Gasteiger partial charge in [-0.05, 0) is 32.0 Å². The first-order valence-electron chi connectivity index (χ1n) is 10.8. The summed E-state index contributed by atoms with van der Waals surface area (Å²) in [4.78, 5) is 27.3. The predicted molar refractivity (Wildman–Crippen MR) is 131 cm³/mol. The molecule has 5 aromatic rings. The molecule has 166 valence electrons. The van der Waals surface area contributed by atoms with Crippen molar-refractivity contribution in [3.8, 4) is 23.1 Å². The number of anilines is 1. The summed E-state index contributed by atoms with van der Waals surface area (Å²) in [5.41, 5.74) is 11.1. The van der Waals surface area contributed by atoms with Crippen LogP contribution in [0, 0.1) is 11.8 Å². The van der Waals surface area contributed by atoms with E-state index in [9.17, 15) is 4.79 Å². The molecule has 3 N–H and O–H groups in total. The Morgan fingerprint density at radius 2 is 1.91 bits per heavy atom. The molecule has 0 radical (unpaired) electrons. The lowest BCUT2D eigenvalue weighted by Gasteiger charge is -2.18. The fourth-order valence-corrected chi connectivity index (χ4v) is 3.90. The van der Waals surface area contributed by atoms with Crippen LogP contribution in [0.5, 0.6) is 0 Å². The zero-order valence-electron chi connectivity index (χ0n) is 18.6. The summed E-state index contributed by atoms with van der Waals surface area (Å²) >= 11 is 0. The Labute approximate surface area is 195 Å². The molecule has 2 aromatic carbocycles. The van der Waals surface area contributed by atoms with Gasteiger partial charge >= 0.3 is 0 Å². The van der Waals surface area contributed by atoms with E-state index in [4.69, 9.17) is 15.7 Å². The predicted octanol–water partition coefficient (Wildman–Crippen LogP) is 3.78. The maximum atomic E-state index is 13.2.